The number of nitrogens with zero attached hydrogens (tertiary/aromatic N) is 4. The second kappa shape index (κ2) is 7.63. The van der Waals surface area contributed by atoms with Gasteiger partial charge in [-0.2, -0.15) is 0 Å². The van der Waals surface area contributed by atoms with Crippen molar-refractivity contribution in [2.45, 2.75) is 31.3 Å². The lowest BCUT2D eigenvalue weighted by Crippen LogP contribution is -2.49. The van der Waals surface area contributed by atoms with Crippen molar-refractivity contribution in [1.29, 1.82) is 0 Å². The molecule has 3 aliphatic rings. The van der Waals surface area contributed by atoms with E-state index >= 15 is 0 Å². The maximum absolute atomic E-state index is 5.48. The molecule has 4 rings (SSSR count). The summed E-state index contributed by atoms with van der Waals surface area (Å²) in [6.07, 6.45) is 5.25. The average molecular weight is 333 g/mol. The van der Waals surface area contributed by atoms with Crippen LogP contribution in [0, 0.1) is 0 Å². The van der Waals surface area contributed by atoms with E-state index in [1.54, 1.807) is 6.33 Å². The summed E-state index contributed by atoms with van der Waals surface area (Å²) in [5, 5.41) is 3.76. The van der Waals surface area contributed by atoms with Gasteiger partial charge in [0.2, 0.25) is 0 Å². The van der Waals surface area contributed by atoms with Crippen molar-refractivity contribution in [3.63, 3.8) is 0 Å². The number of nitrogens with one attached hydrogen (secondary N) is 1. The van der Waals surface area contributed by atoms with Gasteiger partial charge in [-0.05, 0) is 19.3 Å². The molecule has 3 fully saturated rings. The Kier molecular flexibility index (Phi) is 5.10. The molecule has 7 nitrogen and oxygen atoms in total. The first-order valence-electron chi connectivity index (χ1n) is 9.12. The Labute approximate surface area is 143 Å². The van der Waals surface area contributed by atoms with Crippen molar-refractivity contribution in [2.75, 3.05) is 62.4 Å². The van der Waals surface area contributed by atoms with Crippen molar-refractivity contribution < 1.29 is 9.47 Å². The molecule has 2 atom stereocenters. The number of hydrogen-bond donors (Lipinski definition) is 1. The number of piperidine rings is 1. The first-order chi connectivity index (χ1) is 11.9. The molecule has 4 heterocycles. The van der Waals surface area contributed by atoms with Crippen LogP contribution in [0.2, 0.25) is 0 Å². The smallest absolute Gasteiger partial charge is 0.134 e. The van der Waals surface area contributed by atoms with E-state index in [2.05, 4.69) is 31.2 Å². The Hall–Kier alpha value is -1.44. The number of rotatable bonds is 4. The third-order valence-corrected chi connectivity index (χ3v) is 5.12. The quantitative estimate of drug-likeness (QED) is 0.868. The zero-order valence-electron chi connectivity index (χ0n) is 14.2. The molecule has 1 aromatic rings. The number of morpholine rings is 1. The Morgan fingerprint density at radius 2 is 1.75 bits per heavy atom. The summed E-state index contributed by atoms with van der Waals surface area (Å²) in [5.74, 6) is 2.06. The second-order valence-electron chi connectivity index (χ2n) is 6.85. The van der Waals surface area contributed by atoms with Crippen molar-refractivity contribution >= 4 is 11.6 Å². The third-order valence-electron chi connectivity index (χ3n) is 5.12. The molecule has 0 saturated carbocycles. The lowest BCUT2D eigenvalue weighted by atomic mass is 10.0. The van der Waals surface area contributed by atoms with Gasteiger partial charge in [-0.3, -0.25) is 0 Å². The number of aromatic nitrogens is 2. The minimum absolute atomic E-state index is 0.518. The van der Waals surface area contributed by atoms with Gasteiger partial charge in [0.05, 0.1) is 19.8 Å². The number of anilines is 2. The SMILES string of the molecule is c1nc(N2CCOCC2)cc(N2CCCC(NC3CCOC3)C2)n1. The normalized spacial score (nSPS) is 28.3. The molecule has 0 bridgehead atoms. The van der Waals surface area contributed by atoms with Crippen LogP contribution in [0.3, 0.4) is 0 Å². The van der Waals surface area contributed by atoms with Gasteiger partial charge in [0.25, 0.3) is 0 Å². The monoisotopic (exact) mass is 333 g/mol. The van der Waals surface area contributed by atoms with Crippen molar-refractivity contribution in [3.8, 4) is 0 Å². The molecule has 0 aliphatic carbocycles. The van der Waals surface area contributed by atoms with Gasteiger partial charge in [-0.1, -0.05) is 0 Å². The van der Waals surface area contributed by atoms with Gasteiger partial charge in [0.15, 0.2) is 0 Å². The first kappa shape index (κ1) is 16.1. The van der Waals surface area contributed by atoms with Crippen LogP contribution in [0.5, 0.6) is 0 Å². The molecule has 1 aromatic heterocycles. The Morgan fingerprint density at radius 1 is 0.917 bits per heavy atom. The fourth-order valence-electron chi connectivity index (χ4n) is 3.80. The van der Waals surface area contributed by atoms with E-state index in [0.29, 0.717) is 12.1 Å². The molecule has 132 valence electrons. The highest BCUT2D eigenvalue weighted by molar-refractivity contribution is 5.50. The van der Waals surface area contributed by atoms with E-state index in [4.69, 9.17) is 9.47 Å². The molecule has 0 amide bonds. The fraction of sp³-hybridized carbons (Fsp3) is 0.765. The van der Waals surface area contributed by atoms with Gasteiger partial charge in [0, 0.05) is 50.9 Å². The second-order valence-corrected chi connectivity index (χ2v) is 6.85. The maximum Gasteiger partial charge on any atom is 0.134 e. The minimum Gasteiger partial charge on any atom is -0.380 e. The summed E-state index contributed by atoms with van der Waals surface area (Å²) >= 11 is 0. The molecule has 0 aromatic carbocycles. The first-order valence-corrected chi connectivity index (χ1v) is 9.12. The van der Waals surface area contributed by atoms with Crippen LogP contribution in [0.1, 0.15) is 19.3 Å². The number of ether oxygens (including phenoxy) is 2. The van der Waals surface area contributed by atoms with Gasteiger partial charge in [0.1, 0.15) is 18.0 Å². The predicted molar refractivity (Wildman–Crippen MR) is 92.7 cm³/mol. The van der Waals surface area contributed by atoms with E-state index in [1.807, 2.05) is 0 Å². The zero-order chi connectivity index (χ0) is 16.2. The lowest BCUT2D eigenvalue weighted by Gasteiger charge is -2.36. The molecule has 7 heteroatoms. The largest absolute Gasteiger partial charge is 0.380 e. The third kappa shape index (κ3) is 3.79. The predicted octanol–water partition coefficient (Wildman–Crippen LogP) is 0.661. The molecule has 0 radical (unpaired) electrons. The van der Waals surface area contributed by atoms with E-state index in [9.17, 15) is 0 Å². The van der Waals surface area contributed by atoms with Gasteiger partial charge in [-0.25, -0.2) is 9.97 Å². The van der Waals surface area contributed by atoms with Crippen LogP contribution in [-0.4, -0.2) is 74.7 Å². The highest BCUT2D eigenvalue weighted by atomic mass is 16.5. The van der Waals surface area contributed by atoms with E-state index in [1.165, 1.54) is 12.8 Å². The van der Waals surface area contributed by atoms with Crippen molar-refractivity contribution in [1.82, 2.24) is 15.3 Å². The molecule has 3 aliphatic heterocycles. The van der Waals surface area contributed by atoms with E-state index < -0.39 is 0 Å². The Bertz CT molecular complexity index is 531. The van der Waals surface area contributed by atoms with Crippen LogP contribution in [0.15, 0.2) is 12.4 Å². The molecule has 3 saturated heterocycles. The Balaban J connectivity index is 1.40. The van der Waals surface area contributed by atoms with Gasteiger partial charge >= 0.3 is 0 Å². The summed E-state index contributed by atoms with van der Waals surface area (Å²) < 4.78 is 10.9. The maximum atomic E-state index is 5.48. The highest BCUT2D eigenvalue weighted by Gasteiger charge is 2.25. The number of hydrogen-bond acceptors (Lipinski definition) is 7. The minimum atomic E-state index is 0.518. The van der Waals surface area contributed by atoms with Crippen molar-refractivity contribution in [3.05, 3.63) is 12.4 Å². The molecular formula is C17H27N5O2. The van der Waals surface area contributed by atoms with Gasteiger partial charge < -0.3 is 24.6 Å². The summed E-state index contributed by atoms with van der Waals surface area (Å²) in [6.45, 7) is 7.19. The van der Waals surface area contributed by atoms with Crippen molar-refractivity contribution in [2.24, 2.45) is 0 Å². The molecule has 2 unspecified atom stereocenters. The lowest BCUT2D eigenvalue weighted by molar-refractivity contribution is 0.122. The fourth-order valence-corrected chi connectivity index (χ4v) is 3.80. The van der Waals surface area contributed by atoms with Crippen LogP contribution in [0.4, 0.5) is 11.6 Å². The molecule has 0 spiro atoms. The average Bonchev–Trinajstić information content (AvgIpc) is 3.16. The van der Waals surface area contributed by atoms with E-state index in [-0.39, 0.29) is 0 Å². The molecule has 24 heavy (non-hydrogen) atoms. The molecular weight excluding hydrogens is 306 g/mol. The van der Waals surface area contributed by atoms with Crippen LogP contribution < -0.4 is 15.1 Å². The Morgan fingerprint density at radius 3 is 2.54 bits per heavy atom. The summed E-state index contributed by atoms with van der Waals surface area (Å²) in [7, 11) is 0. The van der Waals surface area contributed by atoms with Crippen LogP contribution in [-0.2, 0) is 9.47 Å². The van der Waals surface area contributed by atoms with Crippen LogP contribution >= 0.6 is 0 Å². The summed E-state index contributed by atoms with van der Waals surface area (Å²) in [4.78, 5) is 13.7. The summed E-state index contributed by atoms with van der Waals surface area (Å²) in [6, 6.07) is 3.17. The zero-order valence-corrected chi connectivity index (χ0v) is 14.2. The van der Waals surface area contributed by atoms with Gasteiger partial charge in [-0.15, -0.1) is 0 Å². The highest BCUT2D eigenvalue weighted by Crippen LogP contribution is 2.22. The topological polar surface area (TPSA) is 62.8 Å². The van der Waals surface area contributed by atoms with Crippen LogP contribution in [0.25, 0.3) is 0 Å². The summed E-state index contributed by atoms with van der Waals surface area (Å²) in [5.41, 5.74) is 0. The van der Waals surface area contributed by atoms with E-state index in [0.717, 1.165) is 70.7 Å². The molecule has 1 N–H and O–H groups in total. The standard InChI is InChI=1S/C17H27N5O2/c1-2-14(20-15-3-7-24-12-15)11-22(4-1)17-10-16(18-13-19-17)21-5-8-23-9-6-21/h10,13-15,20H,1-9,11-12H2.